The van der Waals surface area contributed by atoms with Crippen molar-refractivity contribution in [2.45, 2.75) is 25.9 Å². The zero-order valence-corrected chi connectivity index (χ0v) is 24.8. The minimum Gasteiger partial charge on any atom is -0.486 e. The van der Waals surface area contributed by atoms with E-state index in [0.29, 0.717) is 31.3 Å². The Morgan fingerprint density at radius 2 is 1.62 bits per heavy atom. The van der Waals surface area contributed by atoms with Crippen molar-refractivity contribution in [3.05, 3.63) is 88.4 Å². The molecule has 1 atom stereocenters. The van der Waals surface area contributed by atoms with Gasteiger partial charge in [0.1, 0.15) is 25.8 Å². The fourth-order valence-electron chi connectivity index (χ4n) is 4.43. The number of nitrogens with one attached hydrogen (secondary N) is 1. The van der Waals surface area contributed by atoms with Crippen LogP contribution in [-0.4, -0.2) is 63.7 Å². The monoisotopic (exact) mass is 629 g/mol. The summed E-state index contributed by atoms with van der Waals surface area (Å²) in [5, 5.41) is 2.84. The highest BCUT2D eigenvalue weighted by Crippen LogP contribution is 2.34. The first-order valence-electron chi connectivity index (χ1n) is 12.9. The zero-order valence-electron chi connectivity index (χ0n) is 22.4. The van der Waals surface area contributed by atoms with Crippen LogP contribution in [0.4, 0.5) is 5.69 Å². The number of fused-ring (bicyclic) bond motifs is 1. The van der Waals surface area contributed by atoms with Gasteiger partial charge >= 0.3 is 0 Å². The van der Waals surface area contributed by atoms with Crippen molar-refractivity contribution < 1.29 is 27.5 Å². The van der Waals surface area contributed by atoms with E-state index >= 15 is 0 Å². The second-order valence-electron chi connectivity index (χ2n) is 9.35. The molecular weight excluding hydrogens is 598 g/mol. The van der Waals surface area contributed by atoms with E-state index < -0.39 is 28.5 Å². The maximum Gasteiger partial charge on any atom is 0.244 e. The van der Waals surface area contributed by atoms with Gasteiger partial charge in [-0.3, -0.25) is 13.9 Å². The van der Waals surface area contributed by atoms with E-state index in [9.17, 15) is 18.0 Å². The molecule has 1 heterocycles. The molecule has 0 saturated heterocycles. The first-order valence-corrected chi connectivity index (χ1v) is 15.5. The average Bonchev–Trinajstić information content (AvgIpc) is 2.94. The third-order valence-electron chi connectivity index (χ3n) is 6.38. The maximum atomic E-state index is 14.0. The van der Waals surface area contributed by atoms with Crippen LogP contribution < -0.4 is 19.1 Å². The Bertz CT molecular complexity index is 1430. The van der Waals surface area contributed by atoms with Crippen molar-refractivity contribution in [1.29, 1.82) is 0 Å². The topological polar surface area (TPSA) is 105 Å². The molecular formula is C29H32BrN3O6S. The Morgan fingerprint density at radius 1 is 0.950 bits per heavy atom. The first-order chi connectivity index (χ1) is 19.2. The highest BCUT2D eigenvalue weighted by atomic mass is 79.9. The Labute approximate surface area is 243 Å². The highest BCUT2D eigenvalue weighted by Gasteiger charge is 2.33. The third-order valence-corrected chi connectivity index (χ3v) is 8.05. The summed E-state index contributed by atoms with van der Waals surface area (Å²) in [6.45, 7) is 2.54. The number of hydrogen-bond acceptors (Lipinski definition) is 6. The molecule has 0 unspecified atom stereocenters. The number of rotatable bonds is 11. The van der Waals surface area contributed by atoms with Crippen molar-refractivity contribution in [3.63, 3.8) is 0 Å². The molecule has 3 aromatic carbocycles. The van der Waals surface area contributed by atoms with Crippen molar-refractivity contribution in [2.24, 2.45) is 0 Å². The number of amides is 2. The van der Waals surface area contributed by atoms with Gasteiger partial charge in [0, 0.05) is 30.0 Å². The summed E-state index contributed by atoms with van der Waals surface area (Å²) in [6.07, 6.45) is 1.30. The molecule has 1 aliphatic rings. The second-order valence-corrected chi connectivity index (χ2v) is 12.2. The summed E-state index contributed by atoms with van der Waals surface area (Å²) < 4.78 is 39.0. The number of carbonyl (C=O) groups excluding carboxylic acids is 2. The fourth-order valence-corrected chi connectivity index (χ4v) is 5.54. The lowest BCUT2D eigenvalue weighted by Crippen LogP contribution is -2.53. The number of nitrogens with zero attached hydrogens (tertiary/aromatic N) is 2. The van der Waals surface area contributed by atoms with Crippen LogP contribution >= 0.6 is 15.9 Å². The third kappa shape index (κ3) is 7.54. The second kappa shape index (κ2) is 13.2. The van der Waals surface area contributed by atoms with Crippen molar-refractivity contribution in [1.82, 2.24) is 10.2 Å². The van der Waals surface area contributed by atoms with Crippen molar-refractivity contribution in [3.8, 4) is 11.5 Å². The molecule has 0 aliphatic carbocycles. The van der Waals surface area contributed by atoms with E-state index in [1.807, 2.05) is 61.5 Å². The van der Waals surface area contributed by atoms with Gasteiger partial charge in [0.2, 0.25) is 21.8 Å². The molecule has 0 spiro atoms. The molecule has 40 heavy (non-hydrogen) atoms. The fraction of sp³-hybridized carbons (Fsp3) is 0.310. The van der Waals surface area contributed by atoms with Gasteiger partial charge in [0.25, 0.3) is 0 Å². The van der Waals surface area contributed by atoms with E-state index in [2.05, 4.69) is 21.2 Å². The first kappa shape index (κ1) is 29.4. The van der Waals surface area contributed by atoms with Crippen LogP contribution in [0, 0.1) is 0 Å². The van der Waals surface area contributed by atoms with E-state index in [1.54, 1.807) is 18.2 Å². The van der Waals surface area contributed by atoms with Crippen molar-refractivity contribution in [2.75, 3.05) is 36.9 Å². The summed E-state index contributed by atoms with van der Waals surface area (Å²) in [6, 6.07) is 20.7. The van der Waals surface area contributed by atoms with Crippen LogP contribution in [0.5, 0.6) is 11.5 Å². The molecule has 4 rings (SSSR count). The molecule has 0 saturated carbocycles. The number of benzene rings is 3. The van der Waals surface area contributed by atoms with Crippen LogP contribution in [0.15, 0.2) is 77.3 Å². The highest BCUT2D eigenvalue weighted by molar-refractivity contribution is 9.10. The lowest BCUT2D eigenvalue weighted by atomic mass is 10.0. The van der Waals surface area contributed by atoms with E-state index in [0.717, 1.165) is 26.2 Å². The number of carbonyl (C=O) groups is 2. The van der Waals surface area contributed by atoms with Crippen LogP contribution in [-0.2, 0) is 32.6 Å². The molecule has 9 nitrogen and oxygen atoms in total. The van der Waals surface area contributed by atoms with Gasteiger partial charge in [0.05, 0.1) is 11.9 Å². The van der Waals surface area contributed by atoms with Gasteiger partial charge in [-0.05, 0) is 42.3 Å². The number of hydrogen-bond donors (Lipinski definition) is 1. The molecule has 0 bridgehead atoms. The quantitative estimate of drug-likeness (QED) is 0.346. The van der Waals surface area contributed by atoms with Gasteiger partial charge in [0.15, 0.2) is 11.5 Å². The summed E-state index contributed by atoms with van der Waals surface area (Å²) >= 11 is 3.43. The molecule has 0 fully saturated rings. The Kier molecular flexibility index (Phi) is 9.70. The Morgan fingerprint density at radius 3 is 2.27 bits per heavy atom. The zero-order chi connectivity index (χ0) is 28.7. The van der Waals surface area contributed by atoms with Gasteiger partial charge in [-0.1, -0.05) is 58.4 Å². The summed E-state index contributed by atoms with van der Waals surface area (Å²) in [5.74, 6) is 0.0733. The van der Waals surface area contributed by atoms with Crippen LogP contribution in [0.2, 0.25) is 0 Å². The van der Waals surface area contributed by atoms with Gasteiger partial charge in [-0.25, -0.2) is 8.42 Å². The molecule has 1 aliphatic heterocycles. The number of halogens is 1. The number of ether oxygens (including phenoxy) is 2. The lowest BCUT2D eigenvalue weighted by Gasteiger charge is -2.33. The summed E-state index contributed by atoms with van der Waals surface area (Å²) in [5.41, 5.74) is 1.93. The van der Waals surface area contributed by atoms with E-state index in [1.165, 1.54) is 4.90 Å². The molecule has 0 aromatic heterocycles. The summed E-state index contributed by atoms with van der Waals surface area (Å²) in [7, 11) is -3.88. The van der Waals surface area contributed by atoms with Gasteiger partial charge < -0.3 is 19.7 Å². The average molecular weight is 631 g/mol. The molecule has 0 radical (unpaired) electrons. The predicted molar refractivity (Wildman–Crippen MR) is 157 cm³/mol. The molecule has 1 N–H and O–H groups in total. The predicted octanol–water partition coefficient (Wildman–Crippen LogP) is 3.76. The minimum absolute atomic E-state index is 0.111. The molecule has 3 aromatic rings. The number of anilines is 1. The standard InChI is InChI=1S/C29H32BrN3O6S/c1-3-31-29(35)25(17-21-7-5-4-6-8-21)32(19-22-9-11-23(30)12-10-22)28(34)20-33(40(2,36)37)24-13-14-26-27(18-24)39-16-15-38-26/h4-14,18,25H,3,15-17,19-20H2,1-2H3,(H,31,35)/t25-/m1/s1. The van der Waals surface area contributed by atoms with Crippen molar-refractivity contribution >= 4 is 43.5 Å². The largest absolute Gasteiger partial charge is 0.486 e. The normalized spacial score (nSPS) is 13.3. The van der Waals surface area contributed by atoms with E-state index in [4.69, 9.17) is 9.47 Å². The number of likely N-dealkylation sites (N-methyl/N-ethyl adjacent to an activating group) is 1. The minimum atomic E-state index is -3.88. The SMILES string of the molecule is CCNC(=O)[C@@H](Cc1ccccc1)N(Cc1ccc(Br)cc1)C(=O)CN(c1ccc2c(c1)OCCO2)S(C)(=O)=O. The van der Waals surface area contributed by atoms with Gasteiger partial charge in [-0.2, -0.15) is 0 Å². The maximum absolute atomic E-state index is 14.0. The Hall–Kier alpha value is -3.57. The van der Waals surface area contributed by atoms with Gasteiger partial charge in [-0.15, -0.1) is 0 Å². The lowest BCUT2D eigenvalue weighted by molar-refractivity contribution is -0.140. The smallest absolute Gasteiger partial charge is 0.244 e. The Balaban J connectivity index is 1.71. The molecule has 212 valence electrons. The molecule has 11 heteroatoms. The summed E-state index contributed by atoms with van der Waals surface area (Å²) in [4.78, 5) is 28.9. The van der Waals surface area contributed by atoms with Crippen LogP contribution in [0.25, 0.3) is 0 Å². The number of sulfonamides is 1. The van der Waals surface area contributed by atoms with Crippen LogP contribution in [0.3, 0.4) is 0 Å². The van der Waals surface area contributed by atoms with Crippen LogP contribution in [0.1, 0.15) is 18.1 Å². The van der Waals surface area contributed by atoms with E-state index in [-0.39, 0.29) is 24.6 Å². The molecule has 2 amide bonds.